The third-order valence-electron chi connectivity index (χ3n) is 20.8. The number of aliphatic hydroxyl groups is 2. The van der Waals surface area contributed by atoms with Gasteiger partial charge in [-0.05, 0) is 185 Å². The molecule has 3 N–H and O–H groups in total. The number of hydrogen-bond donors (Lipinski definition) is 3. The molecular formula is C54H87BrCl2N4O6. The zero-order valence-electron chi connectivity index (χ0n) is 40.1. The first-order chi connectivity index (χ1) is 30.8. The molecule has 0 aliphatic heterocycles. The Labute approximate surface area is 422 Å². The Morgan fingerprint density at radius 3 is 1.54 bits per heavy atom. The van der Waals surface area contributed by atoms with Crippen molar-refractivity contribution in [2.75, 3.05) is 32.8 Å². The second-order valence-corrected chi connectivity index (χ2v) is 25.2. The fourth-order valence-electron chi connectivity index (χ4n) is 17.5. The maximum absolute atomic E-state index is 13.3. The molecule has 8 saturated carbocycles. The average Bonchev–Trinajstić information content (AvgIpc) is 4.08. The molecule has 8 aliphatic rings. The van der Waals surface area contributed by atoms with Gasteiger partial charge in [-0.2, -0.15) is 10.2 Å². The Morgan fingerprint density at radius 2 is 1.15 bits per heavy atom. The maximum Gasteiger partial charge on any atom is 0.157 e. The molecule has 2 heterocycles. The van der Waals surface area contributed by atoms with Gasteiger partial charge in [-0.15, -0.1) is 0 Å². The number of halogens is 3. The zero-order valence-corrected chi connectivity index (χ0v) is 43.2. The third-order valence-corrected chi connectivity index (χ3v) is 21.7. The zero-order chi connectivity index (χ0) is 46.6. The number of nitrogens with one attached hydrogen (secondary N) is 1. The number of fused-ring (bicyclic) bond motifs is 10. The number of carbonyl (C=O) groups is 2. The van der Waals surface area contributed by atoms with Gasteiger partial charge in [0.15, 0.2) is 5.78 Å². The lowest BCUT2D eigenvalue weighted by Gasteiger charge is -2.62. The highest BCUT2D eigenvalue weighted by Gasteiger charge is 2.64. The molecule has 67 heavy (non-hydrogen) atoms. The lowest BCUT2D eigenvalue weighted by molar-refractivity contribution is -0.164. The summed E-state index contributed by atoms with van der Waals surface area (Å²) in [6.07, 6.45) is 26.7. The minimum Gasteiger partial charge on any atom is -0.387 e. The number of ketones is 2. The van der Waals surface area contributed by atoms with Crippen LogP contribution in [0.25, 0.3) is 0 Å². The fourth-order valence-corrected chi connectivity index (χ4v) is 18.2. The number of alkyl halides is 1. The van der Waals surface area contributed by atoms with E-state index in [1.165, 1.54) is 57.8 Å². The normalized spacial score (nSPS) is 43.6. The van der Waals surface area contributed by atoms with Crippen LogP contribution in [0.3, 0.4) is 0 Å². The van der Waals surface area contributed by atoms with E-state index in [-0.39, 0.29) is 37.5 Å². The van der Waals surface area contributed by atoms with Crippen LogP contribution in [0.1, 0.15) is 158 Å². The van der Waals surface area contributed by atoms with Crippen LogP contribution in [-0.4, -0.2) is 85.7 Å². The molecule has 10 nitrogen and oxygen atoms in total. The summed E-state index contributed by atoms with van der Waals surface area (Å²) in [4.78, 5) is 25.9. The van der Waals surface area contributed by atoms with Gasteiger partial charge >= 0.3 is 0 Å². The second-order valence-electron chi connectivity index (χ2n) is 23.7. The van der Waals surface area contributed by atoms with Crippen LogP contribution < -0.4 is 0 Å². The number of methoxy groups -OCH3 is 2. The standard InChI is InChI=1S/C26H39ClN2O3.C23H37BrO3.C3H3ClN2.2CH4/c1-24-10-11-26(31,16-32-3)12-17(24)4-5-19-20-6-7-22(25(20,2)9-8-21(19)24)23(30)15-29-14-18(27)13-28-29;1-21-10-11-23(26,14-27-3)12-15(21)4-5-16-17-6-7-19(20(25)13-24)22(17,2)9-8-18(16)21;4-3-1-5-6-2-3;;/h13-14,17,19-22,31H,4-12,15-16H2,1-3H3;15-19,26H,4-14H2,1-3H3;1-2H,(H,5,6);2*1H4/t17-,19-,20-,21-,22+,24-,25-,26+;15-,16-,17-,18-,19+,21-,22-,23+;;;/m00.../s1. The minimum atomic E-state index is -0.644. The first-order valence-corrected chi connectivity index (χ1v) is 27.1. The summed E-state index contributed by atoms with van der Waals surface area (Å²) in [5.74, 6) is 6.76. The van der Waals surface area contributed by atoms with E-state index in [0.29, 0.717) is 75.3 Å². The van der Waals surface area contributed by atoms with Crippen LogP contribution in [0.15, 0.2) is 24.8 Å². The average molecular weight is 1040 g/mol. The van der Waals surface area contributed by atoms with E-state index in [1.54, 1.807) is 43.7 Å². The van der Waals surface area contributed by atoms with Gasteiger partial charge in [-0.3, -0.25) is 19.4 Å². The summed E-state index contributed by atoms with van der Waals surface area (Å²) in [6.45, 7) is 11.2. The van der Waals surface area contributed by atoms with Crippen molar-refractivity contribution >= 4 is 50.7 Å². The van der Waals surface area contributed by atoms with Gasteiger partial charge in [0.2, 0.25) is 0 Å². The van der Waals surface area contributed by atoms with E-state index in [9.17, 15) is 19.8 Å². The number of ether oxygens (including phenoxy) is 2. The van der Waals surface area contributed by atoms with Gasteiger partial charge in [0.05, 0.1) is 58.7 Å². The minimum absolute atomic E-state index is 0. The van der Waals surface area contributed by atoms with Gasteiger partial charge < -0.3 is 19.7 Å². The van der Waals surface area contributed by atoms with Crippen molar-refractivity contribution in [3.05, 3.63) is 34.8 Å². The number of carbonyl (C=O) groups excluding carboxylic acids is 2. The molecule has 0 amide bonds. The largest absolute Gasteiger partial charge is 0.387 e. The van der Waals surface area contributed by atoms with Crippen LogP contribution >= 0.6 is 39.1 Å². The molecule has 8 aliphatic carbocycles. The van der Waals surface area contributed by atoms with Crippen LogP contribution in [-0.2, 0) is 25.6 Å². The van der Waals surface area contributed by atoms with E-state index >= 15 is 0 Å². The van der Waals surface area contributed by atoms with Crippen molar-refractivity contribution in [3.8, 4) is 0 Å². The number of hydrogen-bond acceptors (Lipinski definition) is 8. The van der Waals surface area contributed by atoms with Crippen molar-refractivity contribution in [1.82, 2.24) is 20.0 Å². The number of Topliss-reactive ketones (excluding diaryl/α,β-unsaturated/α-hetero) is 2. The van der Waals surface area contributed by atoms with Gasteiger partial charge in [0.1, 0.15) is 5.78 Å². The van der Waals surface area contributed by atoms with Crippen molar-refractivity contribution in [2.45, 2.75) is 176 Å². The Balaban J connectivity index is 0.000000193. The van der Waals surface area contributed by atoms with Gasteiger partial charge in [0.25, 0.3) is 0 Å². The maximum atomic E-state index is 13.3. The summed E-state index contributed by atoms with van der Waals surface area (Å²) in [5.41, 5.74) is -0.241. The summed E-state index contributed by atoms with van der Waals surface area (Å²) in [6, 6.07) is 0. The molecule has 13 heteroatoms. The highest BCUT2D eigenvalue weighted by Crippen LogP contribution is 2.70. The van der Waals surface area contributed by atoms with Crippen molar-refractivity contribution in [2.24, 2.45) is 80.8 Å². The highest BCUT2D eigenvalue weighted by atomic mass is 79.9. The topological polar surface area (TPSA) is 140 Å². The smallest absolute Gasteiger partial charge is 0.157 e. The Hall–Kier alpha value is -1.34. The molecule has 0 saturated heterocycles. The molecule has 16 atom stereocenters. The number of nitrogens with zero attached hydrogens (tertiary/aromatic N) is 3. The monoisotopic (exact) mass is 1040 g/mol. The van der Waals surface area contributed by atoms with E-state index < -0.39 is 11.2 Å². The van der Waals surface area contributed by atoms with Crippen molar-refractivity contribution < 1.29 is 29.3 Å². The summed E-state index contributed by atoms with van der Waals surface area (Å²) < 4.78 is 12.4. The van der Waals surface area contributed by atoms with Gasteiger partial charge in [-0.1, -0.05) is 81.7 Å². The Bertz CT molecular complexity index is 1970. The lowest BCUT2D eigenvalue weighted by Crippen LogP contribution is -2.56. The van der Waals surface area contributed by atoms with E-state index in [2.05, 4.69) is 58.9 Å². The molecule has 0 radical (unpaired) electrons. The lowest BCUT2D eigenvalue weighted by atomic mass is 9.44. The predicted molar refractivity (Wildman–Crippen MR) is 272 cm³/mol. The number of H-pyrrole nitrogens is 1. The molecule has 0 bridgehead atoms. The van der Waals surface area contributed by atoms with Crippen molar-refractivity contribution in [3.63, 3.8) is 0 Å². The quantitative estimate of drug-likeness (QED) is 0.211. The molecule has 380 valence electrons. The summed E-state index contributed by atoms with van der Waals surface area (Å²) in [7, 11) is 3.40. The number of aromatic amines is 1. The summed E-state index contributed by atoms with van der Waals surface area (Å²) >= 11 is 14.8. The first-order valence-electron chi connectivity index (χ1n) is 25.2. The molecule has 2 aromatic rings. The number of rotatable bonds is 9. The van der Waals surface area contributed by atoms with E-state index in [0.717, 1.165) is 87.4 Å². The Kier molecular flexibility index (Phi) is 17.6. The molecule has 10 rings (SSSR count). The predicted octanol–water partition coefficient (Wildman–Crippen LogP) is 12.5. The van der Waals surface area contributed by atoms with Crippen molar-refractivity contribution in [1.29, 1.82) is 0 Å². The molecule has 0 unspecified atom stereocenters. The molecule has 0 spiro atoms. The van der Waals surface area contributed by atoms with Crippen LogP contribution in [0.2, 0.25) is 10.0 Å². The Morgan fingerprint density at radius 1 is 0.672 bits per heavy atom. The van der Waals surface area contributed by atoms with Gasteiger partial charge in [-0.25, -0.2) is 0 Å². The molecule has 2 aromatic heterocycles. The highest BCUT2D eigenvalue weighted by molar-refractivity contribution is 9.09. The second kappa shape index (κ2) is 21.4. The third kappa shape index (κ3) is 10.3. The van der Waals surface area contributed by atoms with Crippen LogP contribution in [0, 0.1) is 80.8 Å². The SMILES string of the molecule is C.C.COC[C@@]1(O)CC[C@@]2(C)[C@@H](CC[C@@H]3[C@@H]2CC[C@]2(C)[C@@H](C(=O)CBr)CC[C@@H]32)C1.COC[C@@]1(O)CC[C@@]2(C)[C@@H](CC[C@@H]3[C@@H]2CC[C@]2(C)[C@@H](C(=O)Cn4cc(Cl)cn4)CC[C@@H]32)C1.Clc1cn[nH]c1. The van der Waals surface area contributed by atoms with Crippen LogP contribution in [0.5, 0.6) is 0 Å². The number of aromatic nitrogens is 4. The molecular weight excluding hydrogens is 951 g/mol. The first kappa shape index (κ1) is 55.0. The van der Waals surface area contributed by atoms with Gasteiger partial charge in [0, 0.05) is 38.4 Å². The fraction of sp³-hybridized carbons (Fsp3) is 0.852. The molecule has 0 aromatic carbocycles. The molecule has 8 fully saturated rings. The van der Waals surface area contributed by atoms with Crippen LogP contribution in [0.4, 0.5) is 0 Å². The summed E-state index contributed by atoms with van der Waals surface area (Å²) in [5, 5.41) is 34.1. The van der Waals surface area contributed by atoms with E-state index in [1.807, 2.05) is 0 Å². The van der Waals surface area contributed by atoms with E-state index in [4.69, 9.17) is 32.7 Å².